The topological polar surface area (TPSA) is 39.2 Å². The van der Waals surface area contributed by atoms with Gasteiger partial charge in [-0.1, -0.05) is 18.7 Å². The zero-order valence-corrected chi connectivity index (χ0v) is 15.2. The highest BCUT2D eigenvalue weighted by atomic mass is 32.2. The first-order valence-corrected chi connectivity index (χ1v) is 9.65. The van der Waals surface area contributed by atoms with Crippen molar-refractivity contribution in [2.45, 2.75) is 12.7 Å². The fourth-order valence-corrected chi connectivity index (χ4v) is 3.76. The molecule has 0 bridgehead atoms. The molecule has 1 aromatic heterocycles. The molecule has 0 N–H and O–H groups in total. The lowest BCUT2D eigenvalue weighted by atomic mass is 10.1. The molecule has 24 heavy (non-hydrogen) atoms. The Morgan fingerprint density at radius 2 is 2.08 bits per heavy atom. The summed E-state index contributed by atoms with van der Waals surface area (Å²) < 4.78 is 6.60. The van der Waals surface area contributed by atoms with Crippen molar-refractivity contribution in [1.82, 2.24) is 4.98 Å². The number of carbonyl (C=O) groups excluding carboxylic acids is 1. The van der Waals surface area contributed by atoms with Gasteiger partial charge in [-0.25, -0.2) is 9.78 Å². The molecule has 0 amide bonds. The SMILES string of the molecule is C=C(C)C(=O)Oc1ccc(-c2nc3ccccc3s2)cc1CSC. The van der Waals surface area contributed by atoms with E-state index in [4.69, 9.17) is 9.72 Å². The van der Waals surface area contributed by atoms with Gasteiger partial charge >= 0.3 is 5.97 Å². The van der Waals surface area contributed by atoms with E-state index in [-0.39, 0.29) is 0 Å². The Balaban J connectivity index is 1.98. The maximum atomic E-state index is 11.8. The smallest absolute Gasteiger partial charge is 0.338 e. The van der Waals surface area contributed by atoms with Gasteiger partial charge in [0.05, 0.1) is 10.2 Å². The number of nitrogens with zero attached hydrogens (tertiary/aromatic N) is 1. The molecule has 0 aliphatic heterocycles. The van der Waals surface area contributed by atoms with Crippen LogP contribution in [0.3, 0.4) is 0 Å². The van der Waals surface area contributed by atoms with Gasteiger partial charge in [-0.2, -0.15) is 11.8 Å². The van der Waals surface area contributed by atoms with Crippen LogP contribution in [0.4, 0.5) is 0 Å². The molecule has 3 rings (SSSR count). The van der Waals surface area contributed by atoms with E-state index >= 15 is 0 Å². The third-order valence-electron chi connectivity index (χ3n) is 3.45. The van der Waals surface area contributed by atoms with Crippen LogP contribution in [0.15, 0.2) is 54.6 Å². The van der Waals surface area contributed by atoms with Gasteiger partial charge in [0, 0.05) is 22.5 Å². The summed E-state index contributed by atoms with van der Waals surface area (Å²) >= 11 is 3.34. The van der Waals surface area contributed by atoms with Gasteiger partial charge in [-0.3, -0.25) is 0 Å². The number of thioether (sulfide) groups is 1. The first-order valence-electron chi connectivity index (χ1n) is 7.44. The van der Waals surface area contributed by atoms with E-state index in [2.05, 4.69) is 18.7 Å². The van der Waals surface area contributed by atoms with Crippen molar-refractivity contribution in [3.8, 4) is 16.3 Å². The Kier molecular flexibility index (Phi) is 5.02. The zero-order valence-electron chi connectivity index (χ0n) is 13.5. The maximum absolute atomic E-state index is 11.8. The largest absolute Gasteiger partial charge is 0.423 e. The average Bonchev–Trinajstić information content (AvgIpc) is 3.00. The van der Waals surface area contributed by atoms with E-state index in [1.807, 2.05) is 36.6 Å². The number of aromatic nitrogens is 1. The molecule has 3 nitrogen and oxygen atoms in total. The molecule has 0 unspecified atom stereocenters. The van der Waals surface area contributed by atoms with Crippen LogP contribution in [0.25, 0.3) is 20.8 Å². The molecule has 0 fully saturated rings. The number of para-hydroxylation sites is 1. The van der Waals surface area contributed by atoms with Gasteiger partial charge in [0.2, 0.25) is 0 Å². The van der Waals surface area contributed by atoms with Crippen molar-refractivity contribution in [2.75, 3.05) is 6.26 Å². The summed E-state index contributed by atoms with van der Waals surface area (Å²) in [7, 11) is 0. The molecule has 0 saturated carbocycles. The molecule has 0 radical (unpaired) electrons. The van der Waals surface area contributed by atoms with Crippen LogP contribution in [-0.4, -0.2) is 17.2 Å². The van der Waals surface area contributed by atoms with Gasteiger partial charge in [0.1, 0.15) is 10.8 Å². The third-order valence-corrected chi connectivity index (χ3v) is 5.14. The second kappa shape index (κ2) is 7.20. The molecule has 0 spiro atoms. The number of ether oxygens (including phenoxy) is 1. The lowest BCUT2D eigenvalue weighted by molar-refractivity contribution is -0.130. The normalized spacial score (nSPS) is 10.8. The van der Waals surface area contributed by atoms with E-state index in [0.717, 1.165) is 32.1 Å². The molecule has 0 atom stereocenters. The van der Waals surface area contributed by atoms with Crippen LogP contribution in [0.1, 0.15) is 12.5 Å². The van der Waals surface area contributed by atoms with Gasteiger partial charge < -0.3 is 4.74 Å². The summed E-state index contributed by atoms with van der Waals surface area (Å²) in [6, 6.07) is 13.9. The van der Waals surface area contributed by atoms with Crippen molar-refractivity contribution >= 4 is 39.3 Å². The lowest BCUT2D eigenvalue weighted by Crippen LogP contribution is -2.09. The predicted molar refractivity (Wildman–Crippen MR) is 103 cm³/mol. The first kappa shape index (κ1) is 16.7. The van der Waals surface area contributed by atoms with Crippen molar-refractivity contribution in [2.24, 2.45) is 0 Å². The summed E-state index contributed by atoms with van der Waals surface area (Å²) in [6.07, 6.45) is 2.02. The fraction of sp³-hybridized carbons (Fsp3) is 0.158. The highest BCUT2D eigenvalue weighted by molar-refractivity contribution is 7.97. The molecule has 5 heteroatoms. The van der Waals surface area contributed by atoms with Crippen LogP contribution in [0, 0.1) is 0 Å². The fourth-order valence-electron chi connectivity index (χ4n) is 2.26. The summed E-state index contributed by atoms with van der Waals surface area (Å²) in [6.45, 7) is 5.27. The molecule has 122 valence electrons. The van der Waals surface area contributed by atoms with Gasteiger partial charge in [0.25, 0.3) is 0 Å². The van der Waals surface area contributed by atoms with Crippen LogP contribution < -0.4 is 4.74 Å². The number of hydrogen-bond acceptors (Lipinski definition) is 5. The summed E-state index contributed by atoms with van der Waals surface area (Å²) in [4.78, 5) is 16.5. The highest BCUT2D eigenvalue weighted by Crippen LogP contribution is 2.34. The Morgan fingerprint density at radius 1 is 1.29 bits per heavy atom. The van der Waals surface area contributed by atoms with Crippen LogP contribution in [-0.2, 0) is 10.5 Å². The molecular formula is C19H17NO2S2. The Morgan fingerprint density at radius 3 is 2.79 bits per heavy atom. The number of benzene rings is 2. The van der Waals surface area contributed by atoms with Gasteiger partial charge in [0.15, 0.2) is 0 Å². The second-order valence-corrected chi connectivity index (χ2v) is 7.31. The average molecular weight is 355 g/mol. The number of rotatable bonds is 5. The Bertz CT molecular complexity index is 882. The minimum atomic E-state index is -0.398. The number of thiazole rings is 1. The third kappa shape index (κ3) is 3.52. The zero-order chi connectivity index (χ0) is 17.1. The van der Waals surface area contributed by atoms with Crippen molar-refractivity contribution < 1.29 is 9.53 Å². The summed E-state index contributed by atoms with van der Waals surface area (Å²) in [5.74, 6) is 0.949. The number of hydrogen-bond donors (Lipinski definition) is 0. The van der Waals surface area contributed by atoms with E-state index in [1.165, 1.54) is 0 Å². The number of esters is 1. The Hall–Kier alpha value is -2.11. The van der Waals surface area contributed by atoms with Crippen molar-refractivity contribution in [3.05, 3.63) is 60.2 Å². The number of carbonyl (C=O) groups is 1. The highest BCUT2D eigenvalue weighted by Gasteiger charge is 2.13. The first-order chi connectivity index (χ1) is 11.6. The molecular weight excluding hydrogens is 338 g/mol. The molecule has 3 aromatic rings. The monoisotopic (exact) mass is 355 g/mol. The number of fused-ring (bicyclic) bond motifs is 1. The predicted octanol–water partition coefficient (Wildman–Crippen LogP) is 5.31. The van der Waals surface area contributed by atoms with E-state index in [0.29, 0.717) is 11.3 Å². The molecule has 0 aliphatic carbocycles. The quantitative estimate of drug-likeness (QED) is 0.353. The standard InChI is InChI=1S/C19H17NO2S2/c1-12(2)19(21)22-16-9-8-13(10-14(16)11-23-3)18-20-15-6-4-5-7-17(15)24-18/h4-10H,1,11H2,2-3H3. The molecule has 0 aliphatic rings. The summed E-state index contributed by atoms with van der Waals surface area (Å²) in [5.41, 5.74) is 3.41. The van der Waals surface area contributed by atoms with Crippen molar-refractivity contribution in [1.29, 1.82) is 0 Å². The van der Waals surface area contributed by atoms with Gasteiger partial charge in [-0.05, 0) is 43.5 Å². The Labute approximate surface area is 149 Å². The van der Waals surface area contributed by atoms with E-state index in [9.17, 15) is 4.79 Å². The molecule has 0 saturated heterocycles. The van der Waals surface area contributed by atoms with Crippen molar-refractivity contribution in [3.63, 3.8) is 0 Å². The maximum Gasteiger partial charge on any atom is 0.338 e. The minimum absolute atomic E-state index is 0.389. The lowest BCUT2D eigenvalue weighted by Gasteiger charge is -2.10. The van der Waals surface area contributed by atoms with Crippen LogP contribution >= 0.6 is 23.1 Å². The minimum Gasteiger partial charge on any atom is -0.423 e. The van der Waals surface area contributed by atoms with E-state index < -0.39 is 5.97 Å². The summed E-state index contributed by atoms with van der Waals surface area (Å²) in [5, 5.41) is 0.969. The van der Waals surface area contributed by atoms with Crippen LogP contribution in [0.5, 0.6) is 5.75 Å². The second-order valence-electron chi connectivity index (χ2n) is 5.41. The molecule has 1 heterocycles. The van der Waals surface area contributed by atoms with Gasteiger partial charge in [-0.15, -0.1) is 11.3 Å². The molecule has 2 aromatic carbocycles. The van der Waals surface area contributed by atoms with Crippen LogP contribution in [0.2, 0.25) is 0 Å². The van der Waals surface area contributed by atoms with E-state index in [1.54, 1.807) is 30.0 Å².